The lowest BCUT2D eigenvalue weighted by Crippen LogP contribution is -2.40. The van der Waals surface area contributed by atoms with Crippen LogP contribution in [-0.4, -0.2) is 24.2 Å². The zero-order chi connectivity index (χ0) is 16.7. The first-order chi connectivity index (χ1) is 11.1. The molecule has 0 aliphatic heterocycles. The van der Waals surface area contributed by atoms with Crippen molar-refractivity contribution in [2.45, 2.75) is 38.5 Å². The fourth-order valence-corrected chi connectivity index (χ4v) is 2.20. The Morgan fingerprint density at radius 2 is 1.57 bits per heavy atom. The lowest BCUT2D eigenvalue weighted by atomic mass is 10.0. The normalized spacial score (nSPS) is 14.6. The molecule has 2 aromatic carbocycles. The van der Waals surface area contributed by atoms with Gasteiger partial charge in [-0.25, -0.2) is 0 Å². The molecule has 23 heavy (non-hydrogen) atoms. The molecule has 2 rings (SSSR count). The van der Waals surface area contributed by atoms with Crippen molar-refractivity contribution in [1.29, 1.82) is 0 Å². The molecular weight excluding hydrogens is 290 g/mol. The molecule has 2 aromatic rings. The summed E-state index contributed by atoms with van der Waals surface area (Å²) in [6.45, 7) is 3.51. The van der Waals surface area contributed by atoms with Crippen LogP contribution < -0.4 is 10.5 Å². The molecule has 0 aliphatic rings. The van der Waals surface area contributed by atoms with Gasteiger partial charge in [-0.15, -0.1) is 0 Å². The number of benzene rings is 2. The van der Waals surface area contributed by atoms with Crippen molar-refractivity contribution >= 4 is 5.97 Å². The number of carbonyl (C=O) groups excluding carboxylic acids is 1. The average molecular weight is 313 g/mol. The molecule has 4 heteroatoms. The van der Waals surface area contributed by atoms with Crippen LogP contribution in [-0.2, 0) is 16.0 Å². The van der Waals surface area contributed by atoms with Gasteiger partial charge in [0.25, 0.3) is 0 Å². The number of hydrogen-bond donors (Lipinski definition) is 1. The first kappa shape index (κ1) is 17.0. The molecule has 0 aromatic heterocycles. The average Bonchev–Trinajstić information content (AvgIpc) is 2.56. The van der Waals surface area contributed by atoms with E-state index in [0.29, 0.717) is 6.42 Å². The molecule has 0 spiro atoms. The second-order valence-electron chi connectivity index (χ2n) is 5.59. The molecule has 4 nitrogen and oxygen atoms in total. The van der Waals surface area contributed by atoms with Crippen molar-refractivity contribution in [2.75, 3.05) is 0 Å². The van der Waals surface area contributed by atoms with Gasteiger partial charge in [-0.3, -0.25) is 4.79 Å². The van der Waals surface area contributed by atoms with Crippen LogP contribution in [0.15, 0.2) is 60.7 Å². The highest BCUT2D eigenvalue weighted by molar-refractivity contribution is 5.75. The summed E-state index contributed by atoms with van der Waals surface area (Å²) in [6, 6.07) is 18.7. The van der Waals surface area contributed by atoms with Crippen LogP contribution in [0.1, 0.15) is 19.4 Å². The van der Waals surface area contributed by atoms with E-state index in [9.17, 15) is 4.79 Å². The van der Waals surface area contributed by atoms with Crippen molar-refractivity contribution in [3.05, 3.63) is 66.2 Å². The minimum atomic E-state index is -0.655. The Hall–Kier alpha value is -2.33. The fraction of sp³-hybridized carbons (Fsp3) is 0.316. The number of carbonyl (C=O) groups is 1. The number of hydrogen-bond acceptors (Lipinski definition) is 4. The van der Waals surface area contributed by atoms with Gasteiger partial charge in [0.15, 0.2) is 0 Å². The standard InChI is InChI=1S/C19H23NO3/c1-14(20)19(21)23-18(13-16-9-5-3-6-10-16)15(2)22-17-11-7-4-8-12-17/h3-12,14-15,18H,13,20H2,1-2H3/t14-,15-,18+/m0/s1. The SMILES string of the molecule is C[C@H](N)C(=O)O[C@H](Cc1ccccc1)[C@H](C)Oc1ccccc1. The van der Waals surface area contributed by atoms with Crippen LogP contribution in [0, 0.1) is 0 Å². The molecule has 0 saturated carbocycles. The van der Waals surface area contributed by atoms with Crippen LogP contribution in [0.5, 0.6) is 5.75 Å². The van der Waals surface area contributed by atoms with Gasteiger partial charge in [0.05, 0.1) is 0 Å². The van der Waals surface area contributed by atoms with Gasteiger partial charge in [-0.2, -0.15) is 0 Å². The highest BCUT2D eigenvalue weighted by Gasteiger charge is 2.25. The van der Waals surface area contributed by atoms with E-state index in [-0.39, 0.29) is 6.10 Å². The number of nitrogens with two attached hydrogens (primary N) is 1. The number of ether oxygens (including phenoxy) is 2. The molecule has 122 valence electrons. The quantitative estimate of drug-likeness (QED) is 0.798. The molecule has 0 saturated heterocycles. The Kier molecular flexibility index (Phi) is 6.18. The fourth-order valence-electron chi connectivity index (χ4n) is 2.20. The third kappa shape index (κ3) is 5.42. The summed E-state index contributed by atoms with van der Waals surface area (Å²) in [5.74, 6) is 0.323. The van der Waals surface area contributed by atoms with Gasteiger partial charge in [0.2, 0.25) is 0 Å². The number of rotatable bonds is 7. The van der Waals surface area contributed by atoms with E-state index < -0.39 is 18.1 Å². The van der Waals surface area contributed by atoms with E-state index in [1.807, 2.05) is 67.6 Å². The van der Waals surface area contributed by atoms with Crippen molar-refractivity contribution in [1.82, 2.24) is 0 Å². The molecule has 0 bridgehead atoms. The first-order valence-corrected chi connectivity index (χ1v) is 7.78. The third-order valence-corrected chi connectivity index (χ3v) is 3.51. The Morgan fingerprint density at radius 1 is 1.00 bits per heavy atom. The summed E-state index contributed by atoms with van der Waals surface area (Å²) < 4.78 is 11.5. The Balaban J connectivity index is 2.09. The van der Waals surface area contributed by atoms with Crippen LogP contribution in [0.4, 0.5) is 0 Å². The predicted molar refractivity (Wildman–Crippen MR) is 90.2 cm³/mol. The maximum absolute atomic E-state index is 11.9. The molecule has 0 aliphatic carbocycles. The smallest absolute Gasteiger partial charge is 0.323 e. The van der Waals surface area contributed by atoms with Crippen molar-refractivity contribution in [3.63, 3.8) is 0 Å². The van der Waals surface area contributed by atoms with E-state index in [2.05, 4.69) is 0 Å². The van der Waals surface area contributed by atoms with Gasteiger partial charge in [-0.05, 0) is 31.5 Å². The minimum Gasteiger partial charge on any atom is -0.487 e. The van der Waals surface area contributed by atoms with Crippen molar-refractivity contribution in [3.8, 4) is 5.75 Å². The molecule has 2 N–H and O–H groups in total. The highest BCUT2D eigenvalue weighted by Crippen LogP contribution is 2.17. The van der Waals surface area contributed by atoms with Gasteiger partial charge in [-0.1, -0.05) is 48.5 Å². The number of esters is 1. The van der Waals surface area contributed by atoms with E-state index in [4.69, 9.17) is 15.2 Å². The minimum absolute atomic E-state index is 0.291. The first-order valence-electron chi connectivity index (χ1n) is 7.78. The van der Waals surface area contributed by atoms with Crippen molar-refractivity contribution in [2.24, 2.45) is 5.73 Å². The molecule has 0 fully saturated rings. The van der Waals surface area contributed by atoms with Gasteiger partial charge in [0, 0.05) is 6.42 Å². The summed E-state index contributed by atoms with van der Waals surface area (Å²) in [5.41, 5.74) is 6.70. The molecule has 0 amide bonds. The van der Waals surface area contributed by atoms with Gasteiger partial charge < -0.3 is 15.2 Å². The van der Waals surface area contributed by atoms with Crippen LogP contribution in [0.25, 0.3) is 0 Å². The van der Waals surface area contributed by atoms with Crippen LogP contribution >= 0.6 is 0 Å². The number of para-hydroxylation sites is 1. The molecule has 0 unspecified atom stereocenters. The molecular formula is C19H23NO3. The summed E-state index contributed by atoms with van der Waals surface area (Å²) in [6.07, 6.45) is -0.121. The van der Waals surface area contributed by atoms with E-state index >= 15 is 0 Å². The van der Waals surface area contributed by atoms with Gasteiger partial charge >= 0.3 is 5.97 Å². The van der Waals surface area contributed by atoms with Gasteiger partial charge in [0.1, 0.15) is 24.0 Å². The summed E-state index contributed by atoms with van der Waals surface area (Å²) in [7, 11) is 0. The Bertz CT molecular complexity index is 599. The van der Waals surface area contributed by atoms with E-state index in [0.717, 1.165) is 11.3 Å². The van der Waals surface area contributed by atoms with E-state index in [1.54, 1.807) is 6.92 Å². The monoisotopic (exact) mass is 313 g/mol. The zero-order valence-electron chi connectivity index (χ0n) is 13.5. The van der Waals surface area contributed by atoms with Crippen molar-refractivity contribution < 1.29 is 14.3 Å². The summed E-state index contributed by atoms with van der Waals surface area (Å²) in [4.78, 5) is 11.9. The molecule has 0 heterocycles. The Labute approximate surface area is 137 Å². The maximum atomic E-state index is 11.9. The maximum Gasteiger partial charge on any atom is 0.323 e. The molecule has 3 atom stereocenters. The lowest BCUT2D eigenvalue weighted by Gasteiger charge is -2.26. The Morgan fingerprint density at radius 3 is 2.13 bits per heavy atom. The summed E-state index contributed by atoms with van der Waals surface area (Å²) in [5, 5.41) is 0. The van der Waals surface area contributed by atoms with Crippen LogP contribution in [0.3, 0.4) is 0 Å². The second-order valence-corrected chi connectivity index (χ2v) is 5.59. The largest absolute Gasteiger partial charge is 0.487 e. The zero-order valence-corrected chi connectivity index (χ0v) is 13.5. The predicted octanol–water partition coefficient (Wildman–Crippen LogP) is 2.96. The highest BCUT2D eigenvalue weighted by atomic mass is 16.6. The lowest BCUT2D eigenvalue weighted by molar-refractivity contribution is -0.154. The summed E-state index contributed by atoms with van der Waals surface area (Å²) >= 11 is 0. The van der Waals surface area contributed by atoms with E-state index in [1.165, 1.54) is 0 Å². The topological polar surface area (TPSA) is 61.6 Å². The van der Waals surface area contributed by atoms with Crippen LogP contribution in [0.2, 0.25) is 0 Å². The third-order valence-electron chi connectivity index (χ3n) is 3.51. The second kappa shape index (κ2) is 8.34. The molecule has 0 radical (unpaired) electrons.